The van der Waals surface area contributed by atoms with Crippen molar-refractivity contribution in [1.82, 2.24) is 19.1 Å². The third kappa shape index (κ3) is 4.49. The first-order valence-corrected chi connectivity index (χ1v) is 18.4. The number of fused-ring (bicyclic) bond motifs is 11. The van der Waals surface area contributed by atoms with Crippen LogP contribution in [0.1, 0.15) is 18.9 Å². The summed E-state index contributed by atoms with van der Waals surface area (Å²) in [5.74, 6) is 1.17. The topological polar surface area (TPSA) is 35.6 Å². The summed E-state index contributed by atoms with van der Waals surface area (Å²) in [4.78, 5) is 10.8. The highest BCUT2D eigenvalue weighted by Crippen LogP contribution is 2.47. The fraction of sp³-hybridized carbons (Fsp3) is 0.0612. The number of aromatic nitrogens is 4. The van der Waals surface area contributed by atoms with Crippen LogP contribution in [0.25, 0.3) is 93.8 Å². The van der Waals surface area contributed by atoms with Crippen LogP contribution < -0.4 is 0 Å². The summed E-state index contributed by atoms with van der Waals surface area (Å²) in [6, 6.07) is 54.4. The van der Waals surface area contributed by atoms with Crippen LogP contribution in [0.5, 0.6) is 0 Å². The third-order valence-corrected chi connectivity index (χ3v) is 11.0. The molecule has 3 aromatic heterocycles. The Morgan fingerprint density at radius 1 is 0.528 bits per heavy atom. The van der Waals surface area contributed by atoms with Crippen molar-refractivity contribution < 1.29 is 0 Å². The normalized spacial score (nSPS) is 14.7. The Kier molecular flexibility index (Phi) is 6.56. The Morgan fingerprint density at radius 2 is 1.15 bits per heavy atom. The minimum atomic E-state index is 0.507. The van der Waals surface area contributed by atoms with Gasteiger partial charge in [-0.05, 0) is 59.9 Å². The van der Waals surface area contributed by atoms with Gasteiger partial charge in [-0.25, -0.2) is 9.97 Å². The fourth-order valence-corrected chi connectivity index (χ4v) is 8.73. The van der Waals surface area contributed by atoms with Crippen molar-refractivity contribution >= 4 is 70.9 Å². The highest BCUT2D eigenvalue weighted by Gasteiger charge is 2.26. The lowest BCUT2D eigenvalue weighted by molar-refractivity contribution is 0.749. The summed E-state index contributed by atoms with van der Waals surface area (Å²) < 4.78 is 4.79. The number of allylic oxidation sites excluding steroid dienone is 4. The van der Waals surface area contributed by atoms with Crippen molar-refractivity contribution in [3.63, 3.8) is 0 Å². The third-order valence-electron chi connectivity index (χ3n) is 11.0. The van der Waals surface area contributed by atoms with E-state index in [1.807, 2.05) is 0 Å². The number of para-hydroxylation sites is 3. The van der Waals surface area contributed by atoms with E-state index in [-0.39, 0.29) is 0 Å². The zero-order valence-electron chi connectivity index (χ0n) is 29.2. The molecule has 250 valence electrons. The molecule has 7 aromatic carbocycles. The van der Waals surface area contributed by atoms with E-state index in [1.165, 1.54) is 54.5 Å². The van der Waals surface area contributed by atoms with Gasteiger partial charge in [-0.3, -0.25) is 4.57 Å². The zero-order chi connectivity index (χ0) is 35.0. The van der Waals surface area contributed by atoms with Crippen molar-refractivity contribution in [3.8, 4) is 22.9 Å². The maximum Gasteiger partial charge on any atom is 0.235 e. The standard InChI is InChI=1S/C49H34N4/c1-31-15-14-18-33(29-31)34-27-28-43-40(30-34)45-44-39-24-11-13-26-42(39)53(49-50-41-25-12-10-23-38(41)46(51-49)32-16-4-2-5-17-32)48(44)37-22-9-8-21-36(37)47(45)52(43)35-19-6-3-7-20-35/h2-28,30-31H,29H2,1H3. The zero-order valence-corrected chi connectivity index (χ0v) is 29.2. The largest absolute Gasteiger partial charge is 0.309 e. The first-order valence-electron chi connectivity index (χ1n) is 18.4. The van der Waals surface area contributed by atoms with Gasteiger partial charge in [0, 0.05) is 49.0 Å². The van der Waals surface area contributed by atoms with Crippen LogP contribution in [-0.2, 0) is 0 Å². The second-order valence-electron chi connectivity index (χ2n) is 14.3. The molecule has 0 aliphatic heterocycles. The Bertz CT molecular complexity index is 3140. The van der Waals surface area contributed by atoms with Crippen LogP contribution in [0.2, 0.25) is 0 Å². The maximum atomic E-state index is 5.43. The number of nitrogens with zero attached hydrogens (tertiary/aromatic N) is 4. The van der Waals surface area contributed by atoms with E-state index in [1.54, 1.807) is 0 Å². The molecule has 1 unspecified atom stereocenters. The molecule has 0 radical (unpaired) electrons. The highest BCUT2D eigenvalue weighted by atomic mass is 15.2. The molecule has 0 N–H and O–H groups in total. The molecule has 0 amide bonds. The number of rotatable bonds is 4. The van der Waals surface area contributed by atoms with Crippen LogP contribution in [0.4, 0.5) is 0 Å². The fourth-order valence-electron chi connectivity index (χ4n) is 8.73. The van der Waals surface area contributed by atoms with Gasteiger partial charge < -0.3 is 4.57 Å². The van der Waals surface area contributed by atoms with Gasteiger partial charge in [-0.15, -0.1) is 0 Å². The quantitative estimate of drug-likeness (QED) is 0.186. The Morgan fingerprint density at radius 3 is 1.92 bits per heavy atom. The molecule has 11 rings (SSSR count). The minimum absolute atomic E-state index is 0.507. The predicted octanol–water partition coefficient (Wildman–Crippen LogP) is 12.6. The second kappa shape index (κ2) is 11.6. The van der Waals surface area contributed by atoms with Gasteiger partial charge in [0.15, 0.2) is 0 Å². The second-order valence-corrected chi connectivity index (χ2v) is 14.3. The van der Waals surface area contributed by atoms with Crippen LogP contribution in [0, 0.1) is 5.92 Å². The van der Waals surface area contributed by atoms with Crippen LogP contribution in [0.15, 0.2) is 170 Å². The van der Waals surface area contributed by atoms with E-state index in [2.05, 4.69) is 186 Å². The molecule has 0 saturated heterocycles. The minimum Gasteiger partial charge on any atom is -0.309 e. The van der Waals surface area contributed by atoms with Crippen molar-refractivity contribution in [2.45, 2.75) is 13.3 Å². The number of benzene rings is 7. The molecular formula is C49H34N4. The molecule has 3 heterocycles. The molecule has 0 spiro atoms. The molecule has 0 saturated carbocycles. The van der Waals surface area contributed by atoms with Crippen molar-refractivity contribution in [3.05, 3.63) is 175 Å². The van der Waals surface area contributed by atoms with E-state index in [0.717, 1.165) is 45.3 Å². The average molecular weight is 679 g/mol. The monoisotopic (exact) mass is 678 g/mol. The lowest BCUT2D eigenvalue weighted by atomic mass is 9.90. The molecule has 0 bridgehead atoms. The van der Waals surface area contributed by atoms with E-state index in [4.69, 9.17) is 9.97 Å². The molecule has 4 nitrogen and oxygen atoms in total. The van der Waals surface area contributed by atoms with E-state index >= 15 is 0 Å². The Labute approximate surface area is 306 Å². The average Bonchev–Trinajstić information content (AvgIpc) is 3.75. The van der Waals surface area contributed by atoms with Crippen molar-refractivity contribution in [2.75, 3.05) is 0 Å². The predicted molar refractivity (Wildman–Crippen MR) is 222 cm³/mol. The Hall–Kier alpha value is -6.78. The smallest absolute Gasteiger partial charge is 0.235 e. The summed E-state index contributed by atoms with van der Waals surface area (Å²) in [6.07, 6.45) is 7.83. The summed E-state index contributed by atoms with van der Waals surface area (Å²) in [5.41, 5.74) is 11.3. The molecule has 1 atom stereocenters. The molecule has 4 heteroatoms. The van der Waals surface area contributed by atoms with Crippen molar-refractivity contribution in [1.29, 1.82) is 0 Å². The molecule has 53 heavy (non-hydrogen) atoms. The first kappa shape index (κ1) is 29.9. The number of hydrogen-bond donors (Lipinski definition) is 0. The van der Waals surface area contributed by atoms with Crippen molar-refractivity contribution in [2.24, 2.45) is 5.92 Å². The first-order chi connectivity index (χ1) is 26.2. The van der Waals surface area contributed by atoms with E-state index < -0.39 is 0 Å². The number of hydrogen-bond acceptors (Lipinski definition) is 2. The van der Waals surface area contributed by atoms with Gasteiger partial charge in [-0.1, -0.05) is 140 Å². The summed E-state index contributed by atoms with van der Waals surface area (Å²) in [6.45, 7) is 2.30. The highest BCUT2D eigenvalue weighted by molar-refractivity contribution is 6.37. The maximum absolute atomic E-state index is 5.43. The molecular weight excluding hydrogens is 645 g/mol. The summed E-state index contributed by atoms with van der Waals surface area (Å²) in [5, 5.41) is 8.29. The molecule has 0 fully saturated rings. The lowest BCUT2D eigenvalue weighted by Gasteiger charge is -2.15. The van der Waals surface area contributed by atoms with Gasteiger partial charge >= 0.3 is 0 Å². The molecule has 1 aliphatic carbocycles. The van der Waals surface area contributed by atoms with Gasteiger partial charge in [-0.2, -0.15) is 0 Å². The van der Waals surface area contributed by atoms with Gasteiger partial charge in [0.25, 0.3) is 0 Å². The lowest BCUT2D eigenvalue weighted by Crippen LogP contribution is -2.04. The molecule has 1 aliphatic rings. The van der Waals surface area contributed by atoms with Crippen LogP contribution in [0.3, 0.4) is 0 Å². The van der Waals surface area contributed by atoms with Gasteiger partial charge in [0.2, 0.25) is 5.95 Å². The summed E-state index contributed by atoms with van der Waals surface area (Å²) >= 11 is 0. The van der Waals surface area contributed by atoms with Gasteiger partial charge in [0.1, 0.15) is 0 Å². The van der Waals surface area contributed by atoms with E-state index in [0.29, 0.717) is 11.9 Å². The van der Waals surface area contributed by atoms with Crippen LogP contribution in [-0.4, -0.2) is 19.1 Å². The Balaban J connectivity index is 1.35. The molecule has 10 aromatic rings. The van der Waals surface area contributed by atoms with Gasteiger partial charge in [0.05, 0.1) is 33.3 Å². The summed E-state index contributed by atoms with van der Waals surface area (Å²) in [7, 11) is 0. The van der Waals surface area contributed by atoms with E-state index in [9.17, 15) is 0 Å². The SMILES string of the molecule is CC1C=CC=C(c2ccc3c(c2)c2c4c5ccccc5n(-c5nc(-c6ccccc6)c6ccccc6n5)c4c4ccccc4c2n3-c2ccccc2)C1. The van der Waals surface area contributed by atoms with Crippen LogP contribution >= 0.6 is 0 Å².